The monoisotopic (exact) mass is 307 g/mol. The first kappa shape index (κ1) is 15.5. The van der Waals surface area contributed by atoms with E-state index in [-0.39, 0.29) is 16.5 Å². The molecule has 0 fully saturated rings. The van der Waals surface area contributed by atoms with Crippen molar-refractivity contribution in [2.75, 3.05) is 13.1 Å². The van der Waals surface area contributed by atoms with Crippen LogP contribution in [0.2, 0.25) is 10.0 Å². The Bertz CT molecular complexity index is 555. The summed E-state index contributed by atoms with van der Waals surface area (Å²) in [5.74, 6) is 0. The van der Waals surface area contributed by atoms with E-state index in [1.807, 2.05) is 0 Å². The summed E-state index contributed by atoms with van der Waals surface area (Å²) < 4.78 is 26.1. The molecule has 0 spiro atoms. The normalized spacial score (nSPS) is 11.8. The lowest BCUT2D eigenvalue weighted by molar-refractivity contribution is 0.453. The molecule has 0 saturated heterocycles. The minimum absolute atomic E-state index is 0.0276. The number of likely N-dealkylation sites (N-methyl/N-ethyl adjacent to an activating group) is 1. The molecule has 1 aromatic rings. The third-order valence-electron chi connectivity index (χ3n) is 2.31. The Kier molecular flexibility index (Phi) is 5.22. The summed E-state index contributed by atoms with van der Waals surface area (Å²) in [6, 6.07) is 4.39. The van der Waals surface area contributed by atoms with Crippen LogP contribution in [-0.4, -0.2) is 25.8 Å². The van der Waals surface area contributed by atoms with Crippen molar-refractivity contribution in [3.05, 3.63) is 40.4 Å². The molecule has 0 amide bonds. The molecule has 0 aliphatic carbocycles. The van der Waals surface area contributed by atoms with Gasteiger partial charge in [-0.1, -0.05) is 42.3 Å². The predicted molar refractivity (Wildman–Crippen MR) is 75.7 cm³/mol. The van der Waals surface area contributed by atoms with Crippen LogP contribution in [-0.2, 0) is 10.0 Å². The highest BCUT2D eigenvalue weighted by Gasteiger charge is 2.25. The molecule has 6 heteroatoms. The van der Waals surface area contributed by atoms with E-state index in [4.69, 9.17) is 23.2 Å². The SMILES string of the molecule is C=C(C)CN(CC)S(=O)(=O)c1cc(Cl)ccc1Cl. The third kappa shape index (κ3) is 3.48. The Morgan fingerprint density at radius 3 is 2.50 bits per heavy atom. The molecule has 1 rings (SSSR count). The molecule has 0 heterocycles. The quantitative estimate of drug-likeness (QED) is 0.780. The summed E-state index contributed by atoms with van der Waals surface area (Å²) in [5.41, 5.74) is 0.763. The van der Waals surface area contributed by atoms with Gasteiger partial charge >= 0.3 is 0 Å². The van der Waals surface area contributed by atoms with Gasteiger partial charge in [0.15, 0.2) is 0 Å². The maximum atomic E-state index is 12.4. The number of halogens is 2. The van der Waals surface area contributed by atoms with Crippen LogP contribution in [0, 0.1) is 0 Å². The van der Waals surface area contributed by atoms with Gasteiger partial charge in [-0.25, -0.2) is 8.42 Å². The van der Waals surface area contributed by atoms with Crippen molar-refractivity contribution >= 4 is 33.2 Å². The first-order valence-corrected chi connectivity index (χ1v) is 7.58. The van der Waals surface area contributed by atoms with Crippen molar-refractivity contribution in [1.82, 2.24) is 4.31 Å². The number of rotatable bonds is 5. The predicted octanol–water partition coefficient (Wildman–Crippen LogP) is 3.58. The fourth-order valence-corrected chi connectivity index (χ4v) is 3.73. The van der Waals surface area contributed by atoms with Crippen LogP contribution in [0.1, 0.15) is 13.8 Å². The minimum Gasteiger partial charge on any atom is -0.207 e. The summed E-state index contributed by atoms with van der Waals surface area (Å²) in [7, 11) is -3.64. The zero-order valence-corrected chi connectivity index (χ0v) is 12.6. The number of hydrogen-bond donors (Lipinski definition) is 0. The lowest BCUT2D eigenvalue weighted by Crippen LogP contribution is -2.32. The maximum Gasteiger partial charge on any atom is 0.244 e. The Hall–Kier alpha value is -0.550. The third-order valence-corrected chi connectivity index (χ3v) is 4.95. The average Bonchev–Trinajstić information content (AvgIpc) is 2.28. The molecule has 0 aromatic heterocycles. The second kappa shape index (κ2) is 6.06. The number of sulfonamides is 1. The van der Waals surface area contributed by atoms with Crippen LogP contribution in [0.25, 0.3) is 0 Å². The highest BCUT2D eigenvalue weighted by molar-refractivity contribution is 7.89. The lowest BCUT2D eigenvalue weighted by atomic mass is 10.3. The molecule has 100 valence electrons. The number of nitrogens with zero attached hydrogens (tertiary/aromatic N) is 1. The summed E-state index contributed by atoms with van der Waals surface area (Å²) in [5, 5.41) is 0.504. The van der Waals surface area contributed by atoms with E-state index in [1.54, 1.807) is 19.9 Å². The van der Waals surface area contributed by atoms with Crippen LogP contribution in [0.4, 0.5) is 0 Å². The fraction of sp³-hybridized carbons (Fsp3) is 0.333. The van der Waals surface area contributed by atoms with Crippen LogP contribution >= 0.6 is 23.2 Å². The molecule has 0 saturated carbocycles. The summed E-state index contributed by atoms with van der Waals surface area (Å²) >= 11 is 11.7. The van der Waals surface area contributed by atoms with E-state index in [0.29, 0.717) is 11.6 Å². The molecule has 18 heavy (non-hydrogen) atoms. The van der Waals surface area contributed by atoms with Crippen molar-refractivity contribution in [3.8, 4) is 0 Å². The van der Waals surface area contributed by atoms with Gasteiger partial charge in [-0.3, -0.25) is 0 Å². The molecule has 0 radical (unpaired) electrons. The topological polar surface area (TPSA) is 37.4 Å². The molecule has 0 unspecified atom stereocenters. The largest absolute Gasteiger partial charge is 0.244 e. The molecule has 3 nitrogen and oxygen atoms in total. The zero-order chi connectivity index (χ0) is 13.9. The molecule has 0 atom stereocenters. The first-order chi connectivity index (χ1) is 8.28. The minimum atomic E-state index is -3.64. The molecule has 0 bridgehead atoms. The van der Waals surface area contributed by atoms with Gasteiger partial charge in [-0.05, 0) is 25.1 Å². The summed E-state index contributed by atoms with van der Waals surface area (Å²) in [6.07, 6.45) is 0. The number of hydrogen-bond acceptors (Lipinski definition) is 2. The maximum absolute atomic E-state index is 12.4. The Balaban J connectivity index is 3.26. The van der Waals surface area contributed by atoms with Crippen LogP contribution in [0.3, 0.4) is 0 Å². The van der Waals surface area contributed by atoms with Crippen molar-refractivity contribution in [1.29, 1.82) is 0 Å². The van der Waals surface area contributed by atoms with Crippen LogP contribution in [0.15, 0.2) is 35.2 Å². The van der Waals surface area contributed by atoms with Crippen molar-refractivity contribution in [2.45, 2.75) is 18.7 Å². The van der Waals surface area contributed by atoms with E-state index < -0.39 is 10.0 Å². The van der Waals surface area contributed by atoms with Gasteiger partial charge in [-0.2, -0.15) is 4.31 Å². The van der Waals surface area contributed by atoms with E-state index in [9.17, 15) is 8.42 Å². The standard InChI is InChI=1S/C12H15Cl2NO2S/c1-4-15(8-9(2)3)18(16,17)12-7-10(13)5-6-11(12)14/h5-7H,2,4,8H2,1,3H3. The van der Waals surface area contributed by atoms with E-state index in [2.05, 4.69) is 6.58 Å². The Morgan fingerprint density at radius 2 is 2.00 bits per heavy atom. The van der Waals surface area contributed by atoms with Crippen LogP contribution in [0.5, 0.6) is 0 Å². The van der Waals surface area contributed by atoms with E-state index in [1.165, 1.54) is 16.4 Å². The summed E-state index contributed by atoms with van der Waals surface area (Å²) in [4.78, 5) is 0.0276. The van der Waals surface area contributed by atoms with E-state index in [0.717, 1.165) is 5.57 Å². The van der Waals surface area contributed by atoms with Gasteiger partial charge in [0.25, 0.3) is 0 Å². The number of benzene rings is 1. The van der Waals surface area contributed by atoms with Gasteiger partial charge < -0.3 is 0 Å². The van der Waals surface area contributed by atoms with Gasteiger partial charge in [0.2, 0.25) is 10.0 Å². The average molecular weight is 308 g/mol. The molecule has 0 aliphatic rings. The second-order valence-electron chi connectivity index (χ2n) is 3.96. The molecular weight excluding hydrogens is 293 g/mol. The van der Waals surface area contributed by atoms with Gasteiger partial charge in [-0.15, -0.1) is 0 Å². The first-order valence-electron chi connectivity index (χ1n) is 5.38. The van der Waals surface area contributed by atoms with Gasteiger partial charge in [0.05, 0.1) is 5.02 Å². The molecular formula is C12H15Cl2NO2S. The Labute approximate surface area is 118 Å². The van der Waals surface area contributed by atoms with E-state index >= 15 is 0 Å². The van der Waals surface area contributed by atoms with Crippen molar-refractivity contribution in [2.24, 2.45) is 0 Å². The molecule has 1 aromatic carbocycles. The summed E-state index contributed by atoms with van der Waals surface area (Å²) in [6.45, 7) is 7.87. The highest BCUT2D eigenvalue weighted by Crippen LogP contribution is 2.27. The van der Waals surface area contributed by atoms with Gasteiger partial charge in [0, 0.05) is 18.1 Å². The highest BCUT2D eigenvalue weighted by atomic mass is 35.5. The Morgan fingerprint density at radius 1 is 1.39 bits per heavy atom. The van der Waals surface area contributed by atoms with Crippen LogP contribution < -0.4 is 0 Å². The van der Waals surface area contributed by atoms with Crippen molar-refractivity contribution < 1.29 is 8.42 Å². The molecule has 0 N–H and O–H groups in total. The zero-order valence-electron chi connectivity index (χ0n) is 10.3. The molecule has 0 aliphatic heterocycles. The lowest BCUT2D eigenvalue weighted by Gasteiger charge is -2.21. The second-order valence-corrected chi connectivity index (χ2v) is 6.71. The smallest absolute Gasteiger partial charge is 0.207 e. The fourth-order valence-electron chi connectivity index (χ4n) is 1.48. The van der Waals surface area contributed by atoms with Gasteiger partial charge in [0.1, 0.15) is 4.90 Å². The van der Waals surface area contributed by atoms with Crippen molar-refractivity contribution in [3.63, 3.8) is 0 Å².